The molecule has 0 radical (unpaired) electrons. The molecular formula is C22H21N3O3. The summed E-state index contributed by atoms with van der Waals surface area (Å²) < 4.78 is 7.72. The molecule has 0 bridgehead atoms. The highest BCUT2D eigenvalue weighted by molar-refractivity contribution is 6.08. The topological polar surface area (TPSA) is 64.4 Å². The summed E-state index contributed by atoms with van der Waals surface area (Å²) in [6.07, 6.45) is 2.22. The van der Waals surface area contributed by atoms with Crippen molar-refractivity contribution in [3.8, 4) is 11.4 Å². The minimum atomic E-state index is -0.134. The maximum absolute atomic E-state index is 12.7. The number of imidazole rings is 1. The third kappa shape index (κ3) is 2.64. The maximum Gasteiger partial charge on any atom is 0.255 e. The summed E-state index contributed by atoms with van der Waals surface area (Å²) in [5.41, 5.74) is 4.05. The predicted octanol–water partition coefficient (Wildman–Crippen LogP) is 3.50. The fraction of sp³-hybridized carbons (Fsp3) is 0.318. The number of benzene rings is 2. The fourth-order valence-electron chi connectivity index (χ4n) is 4.16. The number of rotatable bonds is 3. The Hall–Kier alpha value is -2.99. The van der Waals surface area contributed by atoms with Crippen LogP contribution in [0.3, 0.4) is 0 Å². The van der Waals surface area contributed by atoms with Crippen LogP contribution in [0.4, 0.5) is 0 Å². The standard InChI is InChI=1S/C22H21N3O3/c1-24(19-6-3-13-28-19)22(27)15-9-7-14(8-10-15)21-23-17-5-2-4-16-18(26)11-12-25(21)20(16)17/h2,4-5,7-10,19H,3,6,11-13H2,1H3. The van der Waals surface area contributed by atoms with Gasteiger partial charge in [0.15, 0.2) is 5.78 Å². The number of hydrogen-bond donors (Lipinski definition) is 0. The molecule has 0 aliphatic carbocycles. The average Bonchev–Trinajstić information content (AvgIpc) is 3.39. The van der Waals surface area contributed by atoms with Gasteiger partial charge < -0.3 is 14.2 Å². The van der Waals surface area contributed by atoms with Crippen LogP contribution in [0.1, 0.15) is 40.0 Å². The van der Waals surface area contributed by atoms with E-state index in [1.54, 1.807) is 11.9 Å². The Bertz CT molecular complexity index is 1080. The van der Waals surface area contributed by atoms with Gasteiger partial charge in [-0.3, -0.25) is 9.59 Å². The summed E-state index contributed by atoms with van der Waals surface area (Å²) in [6.45, 7) is 1.34. The summed E-state index contributed by atoms with van der Waals surface area (Å²) in [6, 6.07) is 13.2. The normalized spacial score (nSPS) is 18.6. The number of para-hydroxylation sites is 1. The summed E-state index contributed by atoms with van der Waals surface area (Å²) in [7, 11) is 1.79. The smallest absolute Gasteiger partial charge is 0.255 e. The molecule has 3 aromatic rings. The molecule has 6 nitrogen and oxygen atoms in total. The molecule has 3 heterocycles. The molecule has 1 fully saturated rings. The number of aromatic nitrogens is 2. The van der Waals surface area contributed by atoms with Crippen molar-refractivity contribution in [2.45, 2.75) is 32.0 Å². The van der Waals surface area contributed by atoms with Crippen molar-refractivity contribution < 1.29 is 14.3 Å². The molecule has 1 aromatic heterocycles. The van der Waals surface area contributed by atoms with Crippen LogP contribution >= 0.6 is 0 Å². The highest BCUT2D eigenvalue weighted by Crippen LogP contribution is 2.31. The first kappa shape index (κ1) is 17.1. The van der Waals surface area contributed by atoms with Gasteiger partial charge in [-0.2, -0.15) is 0 Å². The molecule has 2 aliphatic rings. The second kappa shape index (κ2) is 6.56. The lowest BCUT2D eigenvalue weighted by molar-refractivity contribution is 0.000874. The monoisotopic (exact) mass is 375 g/mol. The number of ketones is 1. The van der Waals surface area contributed by atoms with Gasteiger partial charge in [-0.1, -0.05) is 18.2 Å². The van der Waals surface area contributed by atoms with Crippen molar-refractivity contribution >= 4 is 22.7 Å². The van der Waals surface area contributed by atoms with Gasteiger partial charge in [0.2, 0.25) is 0 Å². The summed E-state index contributed by atoms with van der Waals surface area (Å²) in [4.78, 5) is 31.4. The van der Waals surface area contributed by atoms with Gasteiger partial charge in [-0.25, -0.2) is 4.98 Å². The number of amides is 1. The van der Waals surface area contributed by atoms with E-state index in [1.807, 2.05) is 42.5 Å². The Morgan fingerprint density at radius 3 is 2.79 bits per heavy atom. The highest BCUT2D eigenvalue weighted by atomic mass is 16.5. The molecule has 1 amide bonds. The van der Waals surface area contributed by atoms with Crippen LogP contribution in [0, 0.1) is 0 Å². The second-order valence-electron chi connectivity index (χ2n) is 7.39. The van der Waals surface area contributed by atoms with Crippen LogP contribution in [0.2, 0.25) is 0 Å². The molecule has 0 saturated carbocycles. The van der Waals surface area contributed by atoms with E-state index >= 15 is 0 Å². The number of ether oxygens (including phenoxy) is 1. The van der Waals surface area contributed by atoms with E-state index in [1.165, 1.54) is 0 Å². The van der Waals surface area contributed by atoms with Crippen LogP contribution in [0.15, 0.2) is 42.5 Å². The zero-order valence-corrected chi connectivity index (χ0v) is 15.7. The first-order chi connectivity index (χ1) is 13.6. The van der Waals surface area contributed by atoms with E-state index < -0.39 is 0 Å². The van der Waals surface area contributed by atoms with E-state index in [-0.39, 0.29) is 17.9 Å². The number of aryl methyl sites for hydroxylation is 1. The third-order valence-corrected chi connectivity index (χ3v) is 5.68. The lowest BCUT2D eigenvalue weighted by Gasteiger charge is -2.23. The van der Waals surface area contributed by atoms with Gasteiger partial charge in [-0.15, -0.1) is 0 Å². The van der Waals surface area contributed by atoms with Crippen LogP contribution < -0.4 is 0 Å². The van der Waals surface area contributed by atoms with Gasteiger partial charge in [-0.05, 0) is 37.1 Å². The lowest BCUT2D eigenvalue weighted by atomic mass is 10.0. The summed E-state index contributed by atoms with van der Waals surface area (Å²) in [5, 5.41) is 0. The molecule has 28 heavy (non-hydrogen) atoms. The predicted molar refractivity (Wildman–Crippen MR) is 105 cm³/mol. The number of Topliss-reactive ketones (excluding diaryl/α,β-unsaturated/α-hetero) is 1. The number of hydrogen-bond acceptors (Lipinski definition) is 4. The lowest BCUT2D eigenvalue weighted by Crippen LogP contribution is -2.36. The highest BCUT2D eigenvalue weighted by Gasteiger charge is 2.26. The molecule has 2 aliphatic heterocycles. The molecule has 1 atom stereocenters. The van der Waals surface area contributed by atoms with Crippen molar-refractivity contribution in [3.63, 3.8) is 0 Å². The number of carbonyl (C=O) groups is 2. The summed E-state index contributed by atoms with van der Waals surface area (Å²) >= 11 is 0. The molecular weight excluding hydrogens is 354 g/mol. The molecule has 0 spiro atoms. The second-order valence-corrected chi connectivity index (χ2v) is 7.39. The SMILES string of the molecule is CN(C(=O)c1ccc(-c2nc3cccc4c3n2CCC4=O)cc1)C1CCCO1. The third-order valence-electron chi connectivity index (χ3n) is 5.68. The molecule has 1 unspecified atom stereocenters. The van der Waals surface area contributed by atoms with Gasteiger partial charge in [0, 0.05) is 43.3 Å². The Balaban J connectivity index is 1.48. The van der Waals surface area contributed by atoms with Gasteiger partial charge in [0.1, 0.15) is 12.1 Å². The fourth-order valence-corrected chi connectivity index (χ4v) is 4.16. The molecule has 1 saturated heterocycles. The Labute approximate surface area is 162 Å². The molecule has 2 aromatic carbocycles. The Kier molecular flexibility index (Phi) is 4.02. The van der Waals surface area contributed by atoms with Gasteiger partial charge in [0.25, 0.3) is 5.91 Å². The Morgan fingerprint density at radius 1 is 1.21 bits per heavy atom. The van der Waals surface area contributed by atoms with E-state index in [9.17, 15) is 9.59 Å². The summed E-state index contributed by atoms with van der Waals surface area (Å²) in [5.74, 6) is 0.963. The first-order valence-electron chi connectivity index (χ1n) is 9.65. The maximum atomic E-state index is 12.7. The zero-order chi connectivity index (χ0) is 19.3. The average molecular weight is 375 g/mol. The van der Waals surface area contributed by atoms with Crippen molar-refractivity contribution in [2.24, 2.45) is 0 Å². The molecule has 5 rings (SSSR count). The largest absolute Gasteiger partial charge is 0.358 e. The number of nitrogens with zero attached hydrogens (tertiary/aromatic N) is 3. The molecule has 0 N–H and O–H groups in total. The van der Waals surface area contributed by atoms with Crippen LogP contribution in [0.25, 0.3) is 22.4 Å². The quantitative estimate of drug-likeness (QED) is 0.703. The van der Waals surface area contributed by atoms with Gasteiger partial charge in [0.05, 0.1) is 11.0 Å². The number of carbonyl (C=O) groups excluding carboxylic acids is 2. The van der Waals surface area contributed by atoms with E-state index in [0.29, 0.717) is 25.1 Å². The van der Waals surface area contributed by atoms with Crippen LogP contribution in [0.5, 0.6) is 0 Å². The zero-order valence-electron chi connectivity index (χ0n) is 15.7. The van der Waals surface area contributed by atoms with Crippen LogP contribution in [-0.2, 0) is 11.3 Å². The van der Waals surface area contributed by atoms with E-state index in [0.717, 1.165) is 40.8 Å². The van der Waals surface area contributed by atoms with E-state index in [2.05, 4.69) is 4.57 Å². The van der Waals surface area contributed by atoms with Gasteiger partial charge >= 0.3 is 0 Å². The first-order valence-corrected chi connectivity index (χ1v) is 9.65. The van der Waals surface area contributed by atoms with Crippen molar-refractivity contribution in [3.05, 3.63) is 53.6 Å². The molecule has 6 heteroatoms. The minimum absolute atomic E-state index is 0.0408. The van der Waals surface area contributed by atoms with E-state index in [4.69, 9.17) is 9.72 Å². The minimum Gasteiger partial charge on any atom is -0.358 e. The van der Waals surface area contributed by atoms with Crippen molar-refractivity contribution in [1.29, 1.82) is 0 Å². The van der Waals surface area contributed by atoms with Crippen LogP contribution in [-0.4, -0.2) is 46.0 Å². The van der Waals surface area contributed by atoms with Crippen molar-refractivity contribution in [1.82, 2.24) is 14.5 Å². The Morgan fingerprint density at radius 2 is 2.04 bits per heavy atom. The molecule has 142 valence electrons. The van der Waals surface area contributed by atoms with Crippen molar-refractivity contribution in [2.75, 3.05) is 13.7 Å².